The third-order valence-electron chi connectivity index (χ3n) is 1.16. The molecule has 0 rings (SSSR count). The first-order chi connectivity index (χ1) is 4.84. The second-order valence-electron chi connectivity index (χ2n) is 2.17. The summed E-state index contributed by atoms with van der Waals surface area (Å²) in [7, 11) is -4.04. The van der Waals surface area contributed by atoms with E-state index in [1.54, 1.807) is 0 Å². The van der Waals surface area contributed by atoms with Crippen molar-refractivity contribution in [1.82, 2.24) is 0 Å². The molecule has 0 spiro atoms. The third-order valence-corrected chi connectivity index (χ3v) is 2.37. The van der Waals surface area contributed by atoms with Crippen LogP contribution in [0.2, 0.25) is 0 Å². The molecule has 0 aromatic heterocycles. The molecule has 1 radical (unpaired) electrons. The molecule has 0 fully saturated rings. The van der Waals surface area contributed by atoms with Crippen LogP contribution in [0.4, 0.5) is 0 Å². The standard InChI is InChI=1S/C5H10NO4S/c1-4(11(8,9)10)2-3-5(6)7/h3-4H,2H2,1H3,(H2,6,7)(H,8,9,10). The minimum atomic E-state index is -4.04. The molecule has 0 aromatic carbocycles. The zero-order valence-electron chi connectivity index (χ0n) is 6.02. The maximum atomic E-state index is 10.3. The fourth-order valence-electron chi connectivity index (χ4n) is 0.404. The molecule has 0 heterocycles. The number of hydrogen-bond acceptors (Lipinski definition) is 3. The summed E-state index contributed by atoms with van der Waals surface area (Å²) < 4.78 is 29.1. The maximum Gasteiger partial charge on any atom is 0.267 e. The molecule has 0 saturated heterocycles. The van der Waals surface area contributed by atoms with E-state index in [0.29, 0.717) is 0 Å². The number of primary amides is 1. The topological polar surface area (TPSA) is 97.5 Å². The van der Waals surface area contributed by atoms with Gasteiger partial charge in [0.2, 0.25) is 5.91 Å². The van der Waals surface area contributed by atoms with Crippen molar-refractivity contribution in [2.75, 3.05) is 0 Å². The van der Waals surface area contributed by atoms with Gasteiger partial charge in [-0.1, -0.05) is 0 Å². The molecule has 0 aliphatic carbocycles. The Morgan fingerprint density at radius 3 is 2.45 bits per heavy atom. The van der Waals surface area contributed by atoms with Gasteiger partial charge >= 0.3 is 0 Å². The lowest BCUT2D eigenvalue weighted by Crippen LogP contribution is -2.20. The molecule has 11 heavy (non-hydrogen) atoms. The smallest absolute Gasteiger partial charge is 0.267 e. The lowest BCUT2D eigenvalue weighted by molar-refractivity contribution is -0.115. The van der Waals surface area contributed by atoms with Crippen LogP contribution in [0.15, 0.2) is 0 Å². The van der Waals surface area contributed by atoms with E-state index in [9.17, 15) is 13.2 Å². The third kappa shape index (κ3) is 4.74. The Bertz CT molecular complexity index is 233. The lowest BCUT2D eigenvalue weighted by Gasteiger charge is -2.04. The molecule has 5 nitrogen and oxygen atoms in total. The van der Waals surface area contributed by atoms with Crippen LogP contribution in [0.3, 0.4) is 0 Å². The number of nitrogens with two attached hydrogens (primary N) is 1. The van der Waals surface area contributed by atoms with Crippen LogP contribution in [0.25, 0.3) is 0 Å². The number of amides is 1. The fourth-order valence-corrected chi connectivity index (χ4v) is 0.743. The molecule has 1 atom stereocenters. The molecule has 0 aromatic rings. The SMILES string of the molecule is CC(C[CH]C(N)=O)S(=O)(=O)O. The van der Waals surface area contributed by atoms with Crippen molar-refractivity contribution in [3.63, 3.8) is 0 Å². The lowest BCUT2D eigenvalue weighted by atomic mass is 10.2. The van der Waals surface area contributed by atoms with Crippen LogP contribution in [0.1, 0.15) is 13.3 Å². The molecule has 1 amide bonds. The molecular weight excluding hydrogens is 170 g/mol. The highest BCUT2D eigenvalue weighted by atomic mass is 32.2. The Morgan fingerprint density at radius 1 is 1.73 bits per heavy atom. The molecule has 1 unspecified atom stereocenters. The van der Waals surface area contributed by atoms with Gasteiger partial charge in [-0.2, -0.15) is 8.42 Å². The van der Waals surface area contributed by atoms with Gasteiger partial charge < -0.3 is 5.73 Å². The van der Waals surface area contributed by atoms with Crippen molar-refractivity contribution in [3.05, 3.63) is 6.42 Å². The van der Waals surface area contributed by atoms with Gasteiger partial charge in [0.1, 0.15) is 0 Å². The van der Waals surface area contributed by atoms with Crippen LogP contribution in [0, 0.1) is 6.42 Å². The monoisotopic (exact) mass is 180 g/mol. The zero-order valence-corrected chi connectivity index (χ0v) is 6.84. The van der Waals surface area contributed by atoms with Crippen molar-refractivity contribution in [2.45, 2.75) is 18.6 Å². The van der Waals surface area contributed by atoms with E-state index in [4.69, 9.17) is 10.3 Å². The van der Waals surface area contributed by atoms with Crippen LogP contribution in [0.5, 0.6) is 0 Å². The van der Waals surface area contributed by atoms with Crippen LogP contribution in [-0.2, 0) is 14.9 Å². The van der Waals surface area contributed by atoms with Gasteiger partial charge in [0.05, 0.1) is 11.7 Å². The van der Waals surface area contributed by atoms with Gasteiger partial charge in [0.15, 0.2) is 0 Å². The minimum absolute atomic E-state index is 0.0613. The first-order valence-electron chi connectivity index (χ1n) is 2.93. The van der Waals surface area contributed by atoms with E-state index >= 15 is 0 Å². The van der Waals surface area contributed by atoms with E-state index in [-0.39, 0.29) is 6.42 Å². The zero-order chi connectivity index (χ0) is 9.07. The summed E-state index contributed by atoms with van der Waals surface area (Å²) in [6.07, 6.45) is 0.951. The van der Waals surface area contributed by atoms with Gasteiger partial charge in [0, 0.05) is 0 Å². The van der Waals surface area contributed by atoms with Gasteiger partial charge in [0.25, 0.3) is 10.1 Å². The number of carbonyl (C=O) groups excluding carboxylic acids is 1. The molecule has 3 N–H and O–H groups in total. The second kappa shape index (κ2) is 3.68. The van der Waals surface area contributed by atoms with E-state index in [2.05, 4.69) is 0 Å². The first kappa shape index (κ1) is 10.4. The highest BCUT2D eigenvalue weighted by Gasteiger charge is 2.17. The number of carbonyl (C=O) groups is 1. The Labute approximate surface area is 65.3 Å². The second-order valence-corrected chi connectivity index (χ2v) is 4.00. The molecule has 0 aliphatic heterocycles. The number of rotatable bonds is 4. The van der Waals surface area contributed by atoms with E-state index in [1.807, 2.05) is 0 Å². The Balaban J connectivity index is 3.90. The Hall–Kier alpha value is -0.620. The van der Waals surface area contributed by atoms with Crippen LogP contribution >= 0.6 is 0 Å². The quantitative estimate of drug-likeness (QED) is 0.561. The average Bonchev–Trinajstić information content (AvgIpc) is 1.80. The normalized spacial score (nSPS) is 14.4. The molecule has 0 saturated carbocycles. The molecule has 0 aliphatic rings. The predicted octanol–water partition coefficient (Wildman–Crippen LogP) is -0.658. The van der Waals surface area contributed by atoms with Crippen molar-refractivity contribution in [3.8, 4) is 0 Å². The minimum Gasteiger partial charge on any atom is -0.369 e. The molecule has 6 heteroatoms. The Morgan fingerprint density at radius 2 is 2.18 bits per heavy atom. The highest BCUT2D eigenvalue weighted by molar-refractivity contribution is 7.86. The van der Waals surface area contributed by atoms with Crippen LogP contribution < -0.4 is 5.73 Å². The summed E-state index contributed by atoms with van der Waals surface area (Å²) >= 11 is 0. The summed E-state index contributed by atoms with van der Waals surface area (Å²) in [5, 5.41) is -0.977. The van der Waals surface area contributed by atoms with Crippen molar-refractivity contribution >= 4 is 16.0 Å². The van der Waals surface area contributed by atoms with Gasteiger partial charge in [-0.05, 0) is 13.3 Å². The predicted molar refractivity (Wildman–Crippen MR) is 39.1 cm³/mol. The van der Waals surface area contributed by atoms with Gasteiger partial charge in [-0.15, -0.1) is 0 Å². The number of hydrogen-bond donors (Lipinski definition) is 2. The summed E-state index contributed by atoms with van der Waals surface area (Å²) in [4.78, 5) is 10.1. The van der Waals surface area contributed by atoms with E-state index < -0.39 is 21.3 Å². The average molecular weight is 180 g/mol. The van der Waals surface area contributed by atoms with Crippen molar-refractivity contribution in [2.24, 2.45) is 5.73 Å². The molecule has 0 bridgehead atoms. The van der Waals surface area contributed by atoms with Gasteiger partial charge in [-0.3, -0.25) is 9.35 Å². The van der Waals surface area contributed by atoms with Crippen molar-refractivity contribution in [1.29, 1.82) is 0 Å². The molecular formula is C5H10NO4S. The summed E-state index contributed by atoms with van der Waals surface area (Å²) in [6, 6.07) is 0. The van der Waals surface area contributed by atoms with E-state index in [1.165, 1.54) is 6.92 Å². The summed E-state index contributed by atoms with van der Waals surface area (Å²) in [5.41, 5.74) is 4.71. The largest absolute Gasteiger partial charge is 0.369 e. The van der Waals surface area contributed by atoms with Gasteiger partial charge in [-0.25, -0.2) is 0 Å². The maximum absolute atomic E-state index is 10.3. The van der Waals surface area contributed by atoms with Crippen LogP contribution in [-0.4, -0.2) is 24.1 Å². The Kier molecular flexibility index (Phi) is 3.47. The van der Waals surface area contributed by atoms with Crippen molar-refractivity contribution < 1.29 is 17.8 Å². The molecule has 65 valence electrons. The highest BCUT2D eigenvalue weighted by Crippen LogP contribution is 2.04. The first-order valence-corrected chi connectivity index (χ1v) is 4.43. The summed E-state index contributed by atoms with van der Waals surface area (Å²) in [5.74, 6) is -0.694. The fraction of sp³-hybridized carbons (Fsp3) is 0.600. The van der Waals surface area contributed by atoms with E-state index in [0.717, 1.165) is 6.42 Å². The summed E-state index contributed by atoms with van der Waals surface area (Å²) in [6.45, 7) is 1.29.